The minimum Gasteiger partial charge on any atom is -0.214 e. The lowest BCUT2D eigenvalue weighted by atomic mass is 9.95. The Balaban J connectivity index is 2.30. The van der Waals surface area contributed by atoms with Crippen LogP contribution in [-0.2, 0) is 10.0 Å². The van der Waals surface area contributed by atoms with Gasteiger partial charge in [-0.15, -0.1) is 11.6 Å². The number of halogens is 1. The summed E-state index contributed by atoms with van der Waals surface area (Å²) in [7, 11) is -3.23. The summed E-state index contributed by atoms with van der Waals surface area (Å²) in [6.07, 6.45) is 7.30. The Morgan fingerprint density at radius 3 is 2.77 bits per heavy atom. The first-order chi connectivity index (χ1) is 6.14. The van der Waals surface area contributed by atoms with Crippen molar-refractivity contribution in [1.82, 2.24) is 4.72 Å². The standard InChI is InChI=1S/C8H14ClNO2S/c9-7-13(11,12)10-6-8-4-2-1-3-5-8/h1-2,8,10H,3-7H2. The average Bonchev–Trinajstić information content (AvgIpc) is 2.17. The maximum atomic E-state index is 11.0. The van der Waals surface area contributed by atoms with Gasteiger partial charge in [-0.2, -0.15) is 0 Å². The van der Waals surface area contributed by atoms with Gasteiger partial charge >= 0.3 is 0 Å². The fourth-order valence-corrected chi connectivity index (χ4v) is 2.12. The second-order valence-corrected chi connectivity index (χ2v) is 5.61. The molecule has 1 unspecified atom stereocenters. The quantitative estimate of drug-likeness (QED) is 0.580. The lowest BCUT2D eigenvalue weighted by Gasteiger charge is -2.17. The molecule has 1 aliphatic carbocycles. The van der Waals surface area contributed by atoms with Crippen molar-refractivity contribution in [2.24, 2.45) is 5.92 Å². The van der Waals surface area contributed by atoms with E-state index >= 15 is 0 Å². The molecule has 0 spiro atoms. The SMILES string of the molecule is O=S(=O)(CCl)NCC1CC=CCC1. The van der Waals surface area contributed by atoms with Crippen LogP contribution >= 0.6 is 11.6 Å². The Morgan fingerprint density at radius 1 is 1.46 bits per heavy atom. The number of sulfonamides is 1. The molecule has 0 saturated heterocycles. The molecule has 76 valence electrons. The predicted octanol–water partition coefficient (Wildman–Crippen LogP) is 1.46. The second kappa shape index (κ2) is 4.98. The zero-order chi connectivity index (χ0) is 9.73. The number of rotatable bonds is 4. The number of alkyl halides is 1. The zero-order valence-electron chi connectivity index (χ0n) is 7.37. The Kier molecular flexibility index (Phi) is 4.22. The van der Waals surface area contributed by atoms with Gasteiger partial charge in [0.05, 0.1) is 0 Å². The van der Waals surface area contributed by atoms with E-state index in [4.69, 9.17) is 11.6 Å². The van der Waals surface area contributed by atoms with Crippen LogP contribution in [0.4, 0.5) is 0 Å². The summed E-state index contributed by atoms with van der Waals surface area (Å²) in [6.45, 7) is 0.513. The third-order valence-corrected chi connectivity index (χ3v) is 3.87. The van der Waals surface area contributed by atoms with E-state index in [0.29, 0.717) is 12.5 Å². The number of hydrogen-bond donors (Lipinski definition) is 1. The molecule has 0 fully saturated rings. The summed E-state index contributed by atoms with van der Waals surface area (Å²) >= 11 is 5.25. The highest BCUT2D eigenvalue weighted by molar-refractivity contribution is 7.90. The van der Waals surface area contributed by atoms with Crippen LogP contribution in [0.25, 0.3) is 0 Å². The topological polar surface area (TPSA) is 46.2 Å². The first-order valence-corrected chi connectivity index (χ1v) is 6.51. The number of hydrogen-bond acceptors (Lipinski definition) is 2. The summed E-state index contributed by atoms with van der Waals surface area (Å²) in [4.78, 5) is 0. The van der Waals surface area contributed by atoms with Crippen LogP contribution in [0.3, 0.4) is 0 Å². The monoisotopic (exact) mass is 223 g/mol. The molecule has 13 heavy (non-hydrogen) atoms. The molecule has 3 nitrogen and oxygen atoms in total. The smallest absolute Gasteiger partial charge is 0.214 e. The van der Waals surface area contributed by atoms with E-state index in [0.717, 1.165) is 19.3 Å². The highest BCUT2D eigenvalue weighted by atomic mass is 35.5. The maximum absolute atomic E-state index is 11.0. The Labute approximate surface area is 84.2 Å². The van der Waals surface area contributed by atoms with Gasteiger partial charge in [0.1, 0.15) is 5.21 Å². The van der Waals surface area contributed by atoms with E-state index in [1.807, 2.05) is 0 Å². The van der Waals surface area contributed by atoms with Gasteiger partial charge in [-0.3, -0.25) is 0 Å². The summed E-state index contributed by atoms with van der Waals surface area (Å²) < 4.78 is 24.4. The van der Waals surface area contributed by atoms with E-state index in [1.165, 1.54) is 0 Å². The van der Waals surface area contributed by atoms with E-state index in [2.05, 4.69) is 16.9 Å². The Hall–Kier alpha value is -0.0600. The van der Waals surface area contributed by atoms with Crippen molar-refractivity contribution < 1.29 is 8.42 Å². The molecule has 1 N–H and O–H groups in total. The highest BCUT2D eigenvalue weighted by Gasteiger charge is 2.13. The minimum absolute atomic E-state index is 0.352. The van der Waals surface area contributed by atoms with Crippen LogP contribution in [0.1, 0.15) is 19.3 Å². The van der Waals surface area contributed by atoms with Gasteiger partial charge < -0.3 is 0 Å². The molecule has 1 rings (SSSR count). The van der Waals surface area contributed by atoms with Crippen LogP contribution in [0.2, 0.25) is 0 Å². The molecule has 1 atom stereocenters. The summed E-state index contributed by atoms with van der Waals surface area (Å²) in [5.74, 6) is 0.433. The normalized spacial score (nSPS) is 23.3. The molecular formula is C8H14ClNO2S. The van der Waals surface area contributed by atoms with Gasteiger partial charge in [-0.25, -0.2) is 13.1 Å². The fraction of sp³-hybridized carbons (Fsp3) is 0.750. The molecule has 0 aromatic carbocycles. The van der Waals surface area contributed by atoms with Crippen molar-refractivity contribution >= 4 is 21.6 Å². The van der Waals surface area contributed by atoms with Gasteiger partial charge in [0.15, 0.2) is 0 Å². The zero-order valence-corrected chi connectivity index (χ0v) is 8.94. The van der Waals surface area contributed by atoms with Crippen molar-refractivity contribution in [3.8, 4) is 0 Å². The first-order valence-electron chi connectivity index (χ1n) is 4.32. The molecule has 5 heteroatoms. The molecule has 0 amide bonds. The molecular weight excluding hydrogens is 210 g/mol. The van der Waals surface area contributed by atoms with Crippen LogP contribution < -0.4 is 4.72 Å². The molecule has 1 aliphatic rings. The molecule has 0 aliphatic heterocycles. The molecule has 0 saturated carbocycles. The van der Waals surface area contributed by atoms with Crippen molar-refractivity contribution in [2.45, 2.75) is 19.3 Å². The van der Waals surface area contributed by atoms with Gasteiger partial charge in [0, 0.05) is 6.54 Å². The highest BCUT2D eigenvalue weighted by Crippen LogP contribution is 2.17. The largest absolute Gasteiger partial charge is 0.225 e. The molecule has 0 radical (unpaired) electrons. The van der Waals surface area contributed by atoms with Crippen LogP contribution in [0, 0.1) is 5.92 Å². The van der Waals surface area contributed by atoms with Gasteiger partial charge in [0.2, 0.25) is 10.0 Å². The molecule has 0 heterocycles. The lowest BCUT2D eigenvalue weighted by Crippen LogP contribution is -2.30. The average molecular weight is 224 g/mol. The Morgan fingerprint density at radius 2 is 2.23 bits per heavy atom. The van der Waals surface area contributed by atoms with Gasteiger partial charge in [-0.05, 0) is 25.2 Å². The fourth-order valence-electron chi connectivity index (χ4n) is 1.33. The second-order valence-electron chi connectivity index (χ2n) is 3.22. The molecule has 0 aromatic heterocycles. The lowest BCUT2D eigenvalue weighted by molar-refractivity contribution is 0.469. The maximum Gasteiger partial charge on any atom is 0.225 e. The molecule has 0 bridgehead atoms. The van der Waals surface area contributed by atoms with Crippen molar-refractivity contribution in [3.63, 3.8) is 0 Å². The Bertz CT molecular complexity index is 274. The summed E-state index contributed by atoms with van der Waals surface area (Å²) in [5, 5.41) is -0.352. The van der Waals surface area contributed by atoms with Gasteiger partial charge in [0.25, 0.3) is 0 Å². The van der Waals surface area contributed by atoms with Crippen LogP contribution in [0.5, 0.6) is 0 Å². The van der Waals surface area contributed by atoms with E-state index in [9.17, 15) is 8.42 Å². The van der Waals surface area contributed by atoms with Crippen LogP contribution in [0.15, 0.2) is 12.2 Å². The first kappa shape index (κ1) is 11.0. The van der Waals surface area contributed by atoms with Crippen molar-refractivity contribution in [1.29, 1.82) is 0 Å². The van der Waals surface area contributed by atoms with E-state index < -0.39 is 10.0 Å². The van der Waals surface area contributed by atoms with E-state index in [-0.39, 0.29) is 5.21 Å². The van der Waals surface area contributed by atoms with Crippen LogP contribution in [-0.4, -0.2) is 20.2 Å². The molecule has 0 aromatic rings. The number of nitrogens with one attached hydrogen (secondary N) is 1. The van der Waals surface area contributed by atoms with Gasteiger partial charge in [-0.1, -0.05) is 12.2 Å². The summed E-state index contributed by atoms with van der Waals surface area (Å²) in [6, 6.07) is 0. The predicted molar refractivity (Wildman–Crippen MR) is 54.1 cm³/mol. The third-order valence-electron chi connectivity index (χ3n) is 2.11. The summed E-state index contributed by atoms with van der Waals surface area (Å²) in [5.41, 5.74) is 0. The minimum atomic E-state index is -3.23. The van der Waals surface area contributed by atoms with Crippen molar-refractivity contribution in [3.05, 3.63) is 12.2 Å². The third kappa shape index (κ3) is 4.11. The number of allylic oxidation sites excluding steroid dienone is 2. The van der Waals surface area contributed by atoms with Crippen molar-refractivity contribution in [2.75, 3.05) is 11.8 Å². The van der Waals surface area contributed by atoms with E-state index in [1.54, 1.807) is 0 Å².